The summed E-state index contributed by atoms with van der Waals surface area (Å²) in [5, 5.41) is 0. The maximum Gasteiger partial charge on any atom is 0.534 e. The second kappa shape index (κ2) is 6.52. The molecule has 1 aromatic rings. The zero-order chi connectivity index (χ0) is 18.1. The number of alkyl halides is 3. The Labute approximate surface area is 145 Å². The Balaban J connectivity index is 2.05. The minimum Gasteiger partial charge on any atom is -0.380 e. The van der Waals surface area contributed by atoms with E-state index >= 15 is 0 Å². The van der Waals surface area contributed by atoms with Crippen LogP contribution in [0.15, 0.2) is 48.2 Å². The summed E-state index contributed by atoms with van der Waals surface area (Å²) in [6, 6.07) is 9.37. The molecule has 0 heterocycles. The van der Waals surface area contributed by atoms with Crippen molar-refractivity contribution in [2.24, 2.45) is 5.41 Å². The van der Waals surface area contributed by atoms with Crippen LogP contribution in [0, 0.1) is 5.41 Å². The first-order valence-electron chi connectivity index (χ1n) is 8.24. The van der Waals surface area contributed by atoms with Gasteiger partial charge in [-0.2, -0.15) is 21.6 Å². The molecule has 25 heavy (non-hydrogen) atoms. The zero-order valence-electron chi connectivity index (χ0n) is 13.6. The molecule has 3 rings (SSSR count). The van der Waals surface area contributed by atoms with Gasteiger partial charge < -0.3 is 4.18 Å². The van der Waals surface area contributed by atoms with Gasteiger partial charge in [-0.15, -0.1) is 0 Å². The van der Waals surface area contributed by atoms with E-state index in [9.17, 15) is 21.6 Å². The van der Waals surface area contributed by atoms with Crippen LogP contribution in [-0.2, 0) is 14.3 Å². The fraction of sp³-hybridized carbons (Fsp3) is 0.444. The van der Waals surface area contributed by atoms with Crippen LogP contribution in [0.4, 0.5) is 13.2 Å². The van der Waals surface area contributed by atoms with Gasteiger partial charge in [-0.25, -0.2) is 0 Å². The number of hydrogen-bond acceptors (Lipinski definition) is 3. The highest BCUT2D eigenvalue weighted by Crippen LogP contribution is 2.54. The molecule has 0 bridgehead atoms. The lowest BCUT2D eigenvalue weighted by Gasteiger charge is -2.42. The molecule has 0 amide bonds. The number of allylic oxidation sites excluding steroid dienone is 3. The Morgan fingerprint density at radius 1 is 0.960 bits per heavy atom. The average molecular weight is 372 g/mol. The molecule has 1 atom stereocenters. The van der Waals surface area contributed by atoms with Gasteiger partial charge in [-0.1, -0.05) is 36.4 Å². The molecule has 1 aromatic carbocycles. The Bertz CT molecular complexity index is 791. The van der Waals surface area contributed by atoms with E-state index in [1.165, 1.54) is 6.08 Å². The highest BCUT2D eigenvalue weighted by Gasteiger charge is 2.52. The fourth-order valence-electron chi connectivity index (χ4n) is 3.74. The zero-order valence-corrected chi connectivity index (χ0v) is 14.4. The maximum absolute atomic E-state index is 12.8. The molecule has 0 fully saturated rings. The number of halogens is 3. The highest BCUT2D eigenvalue weighted by molar-refractivity contribution is 7.87. The topological polar surface area (TPSA) is 43.4 Å². The van der Waals surface area contributed by atoms with E-state index in [2.05, 4.69) is 4.18 Å². The first kappa shape index (κ1) is 18.0. The predicted octanol–water partition coefficient (Wildman–Crippen LogP) is 5.17. The molecule has 0 saturated carbocycles. The third-order valence-corrected chi connectivity index (χ3v) is 5.81. The quantitative estimate of drug-likeness (QED) is 0.543. The Hall–Kier alpha value is -1.76. The van der Waals surface area contributed by atoms with Crippen LogP contribution < -0.4 is 0 Å². The minimum absolute atomic E-state index is 0.0779. The van der Waals surface area contributed by atoms with E-state index < -0.39 is 21.0 Å². The van der Waals surface area contributed by atoms with Crippen molar-refractivity contribution in [3.05, 3.63) is 53.8 Å². The van der Waals surface area contributed by atoms with E-state index in [-0.39, 0.29) is 5.76 Å². The summed E-state index contributed by atoms with van der Waals surface area (Å²) >= 11 is 0. The second-order valence-corrected chi connectivity index (χ2v) is 7.94. The van der Waals surface area contributed by atoms with Crippen molar-refractivity contribution in [3.8, 4) is 0 Å². The predicted molar refractivity (Wildman–Crippen MR) is 88.7 cm³/mol. The van der Waals surface area contributed by atoms with Crippen molar-refractivity contribution in [2.75, 3.05) is 0 Å². The average Bonchev–Trinajstić information content (AvgIpc) is 2.57. The van der Waals surface area contributed by atoms with E-state index in [0.29, 0.717) is 19.3 Å². The van der Waals surface area contributed by atoms with E-state index in [4.69, 9.17) is 0 Å². The summed E-state index contributed by atoms with van der Waals surface area (Å²) in [6.45, 7) is 0. The van der Waals surface area contributed by atoms with Crippen molar-refractivity contribution >= 4 is 15.7 Å². The van der Waals surface area contributed by atoms with Crippen LogP contribution >= 0.6 is 0 Å². The summed E-state index contributed by atoms with van der Waals surface area (Å²) in [7, 11) is -5.67. The summed E-state index contributed by atoms with van der Waals surface area (Å²) < 4.78 is 66.2. The molecule has 1 spiro atoms. The van der Waals surface area contributed by atoms with Crippen LogP contribution in [0.25, 0.3) is 5.57 Å². The summed E-state index contributed by atoms with van der Waals surface area (Å²) in [5.74, 6) is -0.0779. The van der Waals surface area contributed by atoms with Gasteiger partial charge in [0.25, 0.3) is 0 Å². The first-order chi connectivity index (χ1) is 11.8. The maximum atomic E-state index is 12.8. The van der Waals surface area contributed by atoms with E-state index in [1.54, 1.807) is 0 Å². The SMILES string of the molecule is O=S(=O)(OC1=CCCCC12CCCC=C2c1ccccc1)C(F)(F)F. The molecular weight excluding hydrogens is 353 g/mol. The van der Waals surface area contributed by atoms with E-state index in [0.717, 1.165) is 30.4 Å². The summed E-state index contributed by atoms with van der Waals surface area (Å²) in [6.07, 6.45) is 7.54. The standard InChI is InChI=1S/C18H19F3O3S/c19-18(20,21)25(22,23)24-16-11-5-7-13-17(16)12-6-4-10-15(17)14-8-2-1-3-9-14/h1-3,8-11H,4-7,12-13H2. The molecule has 1 unspecified atom stereocenters. The lowest BCUT2D eigenvalue weighted by molar-refractivity contribution is -0.0532. The number of hydrogen-bond donors (Lipinski definition) is 0. The molecule has 2 aliphatic rings. The molecule has 7 heteroatoms. The van der Waals surface area contributed by atoms with Crippen molar-refractivity contribution in [2.45, 2.75) is 44.0 Å². The lowest BCUT2D eigenvalue weighted by Crippen LogP contribution is -2.35. The normalized spacial score (nSPS) is 24.6. The van der Waals surface area contributed by atoms with E-state index in [1.807, 2.05) is 36.4 Å². The first-order valence-corrected chi connectivity index (χ1v) is 9.65. The molecule has 0 aromatic heterocycles. The van der Waals surface area contributed by atoms with Crippen LogP contribution in [0.2, 0.25) is 0 Å². The van der Waals surface area contributed by atoms with Gasteiger partial charge in [0.2, 0.25) is 0 Å². The number of benzene rings is 1. The van der Waals surface area contributed by atoms with Gasteiger partial charge in [0.15, 0.2) is 0 Å². The number of rotatable bonds is 3. The van der Waals surface area contributed by atoms with Crippen LogP contribution in [-0.4, -0.2) is 13.9 Å². The van der Waals surface area contributed by atoms with Gasteiger partial charge in [0.1, 0.15) is 5.76 Å². The molecule has 0 saturated heterocycles. The van der Waals surface area contributed by atoms with Crippen LogP contribution in [0.5, 0.6) is 0 Å². The third kappa shape index (κ3) is 3.34. The fourth-order valence-corrected chi connectivity index (χ4v) is 4.30. The Morgan fingerprint density at radius 2 is 1.56 bits per heavy atom. The summed E-state index contributed by atoms with van der Waals surface area (Å²) in [4.78, 5) is 0. The van der Waals surface area contributed by atoms with Crippen molar-refractivity contribution in [3.63, 3.8) is 0 Å². The lowest BCUT2D eigenvalue weighted by atomic mass is 9.64. The Morgan fingerprint density at radius 3 is 2.16 bits per heavy atom. The summed E-state index contributed by atoms with van der Waals surface area (Å²) in [5.41, 5.74) is -4.49. The monoisotopic (exact) mass is 372 g/mol. The minimum atomic E-state index is -5.67. The molecule has 0 N–H and O–H groups in total. The van der Waals surface area contributed by atoms with Crippen molar-refractivity contribution in [1.29, 1.82) is 0 Å². The smallest absolute Gasteiger partial charge is 0.380 e. The Kier molecular flexibility index (Phi) is 4.70. The van der Waals surface area contributed by atoms with Gasteiger partial charge in [0.05, 0.1) is 5.41 Å². The highest BCUT2D eigenvalue weighted by atomic mass is 32.2. The molecule has 136 valence electrons. The van der Waals surface area contributed by atoms with Gasteiger partial charge >= 0.3 is 15.6 Å². The van der Waals surface area contributed by atoms with Crippen LogP contribution in [0.1, 0.15) is 44.1 Å². The largest absolute Gasteiger partial charge is 0.534 e. The molecule has 0 aliphatic heterocycles. The molecule has 3 nitrogen and oxygen atoms in total. The molecule has 2 aliphatic carbocycles. The molecular formula is C18H19F3O3S. The van der Waals surface area contributed by atoms with Gasteiger partial charge in [-0.3, -0.25) is 0 Å². The second-order valence-electron chi connectivity index (χ2n) is 6.40. The third-order valence-electron chi connectivity index (χ3n) is 4.85. The van der Waals surface area contributed by atoms with Crippen molar-refractivity contribution in [1.82, 2.24) is 0 Å². The van der Waals surface area contributed by atoms with Crippen LogP contribution in [0.3, 0.4) is 0 Å². The van der Waals surface area contributed by atoms with Crippen molar-refractivity contribution < 1.29 is 25.8 Å². The van der Waals surface area contributed by atoms with Gasteiger partial charge in [-0.05, 0) is 55.7 Å². The molecule has 0 radical (unpaired) electrons. The van der Waals surface area contributed by atoms with Gasteiger partial charge in [0, 0.05) is 0 Å².